The number of carboxylic acid groups (broad SMARTS) is 1. The Bertz CT molecular complexity index is 1470. The Hall–Kier alpha value is -3.77. The number of fused-ring (bicyclic) bond motifs is 1. The molecule has 0 fully saturated rings. The van der Waals surface area contributed by atoms with Crippen molar-refractivity contribution >= 4 is 39.9 Å². The van der Waals surface area contributed by atoms with Gasteiger partial charge in [0.15, 0.2) is 0 Å². The highest BCUT2D eigenvalue weighted by atomic mass is 32.2. The second-order valence-electron chi connectivity index (χ2n) is 12.8. The number of ether oxygens (including phenoxy) is 1. The van der Waals surface area contributed by atoms with Gasteiger partial charge >= 0.3 is 12.1 Å². The maximum atomic E-state index is 13.5. The van der Waals surface area contributed by atoms with E-state index in [1.807, 2.05) is 45.0 Å². The molecule has 0 saturated carbocycles. The first-order chi connectivity index (χ1) is 21.1. The summed E-state index contributed by atoms with van der Waals surface area (Å²) >= 11 is 0. The zero-order valence-corrected chi connectivity index (χ0v) is 27.8. The molecule has 1 heterocycles. The van der Waals surface area contributed by atoms with Crippen LogP contribution in [0.4, 0.5) is 10.5 Å². The summed E-state index contributed by atoms with van der Waals surface area (Å²) in [7, 11) is -4.06. The summed E-state index contributed by atoms with van der Waals surface area (Å²) in [6.45, 7) is 11.0. The maximum Gasteiger partial charge on any atom is 0.408 e. The number of carboxylic acids is 1. The Kier molecular flexibility index (Phi) is 12.3. The van der Waals surface area contributed by atoms with Gasteiger partial charge in [0.05, 0.1) is 10.6 Å². The summed E-state index contributed by atoms with van der Waals surface area (Å²) in [5.74, 6) is -1.91. The van der Waals surface area contributed by atoms with Crippen LogP contribution in [0.15, 0.2) is 58.4 Å². The highest BCUT2D eigenvalue weighted by Crippen LogP contribution is 2.34. The highest BCUT2D eigenvalue weighted by Gasteiger charge is 2.36. The number of benzene rings is 2. The van der Waals surface area contributed by atoms with Gasteiger partial charge in [-0.2, -0.15) is 4.31 Å². The predicted octanol–water partition coefficient (Wildman–Crippen LogP) is 5.16. The summed E-state index contributed by atoms with van der Waals surface area (Å²) in [6.07, 6.45) is 2.15. The molecule has 12 heteroatoms. The van der Waals surface area contributed by atoms with Crippen molar-refractivity contribution < 1.29 is 32.6 Å². The molecular formula is C33H46N4O7S. The molecule has 0 spiro atoms. The lowest BCUT2D eigenvalue weighted by atomic mass is 9.93. The van der Waals surface area contributed by atoms with Crippen LogP contribution >= 0.6 is 0 Å². The number of carbonyl (C=O) groups excluding carboxylic acids is 2. The number of amides is 2. The van der Waals surface area contributed by atoms with Gasteiger partial charge in [-0.05, 0) is 83.1 Å². The fourth-order valence-electron chi connectivity index (χ4n) is 5.08. The van der Waals surface area contributed by atoms with Crippen LogP contribution in [0, 0.1) is 12.8 Å². The van der Waals surface area contributed by atoms with E-state index in [0.29, 0.717) is 12.8 Å². The third-order valence-corrected chi connectivity index (χ3v) is 9.12. The lowest BCUT2D eigenvalue weighted by Gasteiger charge is -2.29. The molecule has 3 atom stereocenters. The molecule has 0 aliphatic carbocycles. The number of hydrogen-bond donors (Lipinski definition) is 3. The summed E-state index contributed by atoms with van der Waals surface area (Å²) in [5, 5.41) is 15.6. The first-order valence-corrected chi connectivity index (χ1v) is 16.7. The first-order valence-electron chi connectivity index (χ1n) is 15.3. The van der Waals surface area contributed by atoms with Gasteiger partial charge in [0.2, 0.25) is 15.9 Å². The summed E-state index contributed by atoms with van der Waals surface area (Å²) in [4.78, 5) is 42.7. The van der Waals surface area contributed by atoms with E-state index in [0.717, 1.165) is 21.1 Å². The minimum absolute atomic E-state index is 0.0470. The van der Waals surface area contributed by atoms with Crippen molar-refractivity contribution in [2.24, 2.45) is 10.9 Å². The van der Waals surface area contributed by atoms with Gasteiger partial charge in [0.1, 0.15) is 17.7 Å². The Morgan fingerprint density at radius 3 is 2.33 bits per heavy atom. The number of rotatable bonds is 15. The van der Waals surface area contributed by atoms with E-state index >= 15 is 0 Å². The minimum atomic E-state index is -4.06. The zero-order valence-electron chi connectivity index (χ0n) is 26.9. The van der Waals surface area contributed by atoms with Crippen LogP contribution in [0.25, 0.3) is 0 Å². The number of sulfonamides is 1. The van der Waals surface area contributed by atoms with E-state index in [9.17, 15) is 27.9 Å². The quantitative estimate of drug-likeness (QED) is 0.227. The van der Waals surface area contributed by atoms with E-state index in [-0.39, 0.29) is 42.7 Å². The Balaban J connectivity index is 1.64. The average Bonchev–Trinajstić information content (AvgIpc) is 3.35. The summed E-state index contributed by atoms with van der Waals surface area (Å²) < 4.78 is 33.5. The maximum absolute atomic E-state index is 13.5. The third-order valence-electron chi connectivity index (χ3n) is 7.24. The molecule has 0 aromatic heterocycles. The number of hydrogen-bond acceptors (Lipinski definition) is 7. The molecule has 0 saturated heterocycles. The topological polar surface area (TPSA) is 154 Å². The van der Waals surface area contributed by atoms with Gasteiger partial charge in [-0.15, -0.1) is 0 Å². The van der Waals surface area contributed by atoms with E-state index in [1.54, 1.807) is 39.1 Å². The van der Waals surface area contributed by atoms with Crippen LogP contribution in [0.5, 0.6) is 0 Å². The largest absolute Gasteiger partial charge is 0.480 e. The first kappa shape index (κ1) is 35.7. The molecule has 1 aliphatic rings. The molecule has 3 N–H and O–H groups in total. The van der Waals surface area contributed by atoms with Crippen LogP contribution in [0.2, 0.25) is 0 Å². The second kappa shape index (κ2) is 15.5. The van der Waals surface area contributed by atoms with Crippen LogP contribution in [-0.2, 0) is 24.3 Å². The number of carbonyl (C=O) groups is 3. The lowest BCUT2D eigenvalue weighted by molar-refractivity contribution is -0.142. The van der Waals surface area contributed by atoms with Crippen molar-refractivity contribution in [3.8, 4) is 0 Å². The molecule has 3 rings (SSSR count). The molecule has 1 unspecified atom stereocenters. The average molecular weight is 643 g/mol. The van der Waals surface area contributed by atoms with E-state index < -0.39 is 45.7 Å². The summed E-state index contributed by atoms with van der Waals surface area (Å²) in [6, 6.07) is 11.8. The number of alkyl carbamates (subject to hydrolysis) is 1. The smallest absolute Gasteiger partial charge is 0.408 e. The standard InChI is InChI=1S/C33H46N4O7S/c1-22(2)21-37(45(42,43)25-16-14-23(3)15-17-25)29(31(39)40)13-9-10-18-34-30(38)28(36-32(41)44-33(4,5)6)19-24-20-35-27-12-8-7-11-26(24)27/h7-8,11-12,14-17,20,22,24,28-29H,9-10,13,18-19,21H2,1-6H3,(H,34,38)(H,36,41)(H,39,40)/t24?,28-,29-/m0/s1. The highest BCUT2D eigenvalue weighted by molar-refractivity contribution is 7.89. The number of nitrogens with zero attached hydrogens (tertiary/aromatic N) is 2. The fraction of sp³-hybridized carbons (Fsp3) is 0.515. The van der Waals surface area contributed by atoms with E-state index in [2.05, 4.69) is 15.6 Å². The van der Waals surface area contributed by atoms with Crippen LogP contribution in [0.3, 0.4) is 0 Å². The summed E-state index contributed by atoms with van der Waals surface area (Å²) in [5.41, 5.74) is 1.94. The SMILES string of the molecule is Cc1ccc(S(=O)(=O)N(CC(C)C)[C@@H](CCCCNC(=O)[C@H](CC2C=Nc3ccccc32)NC(=O)OC(C)(C)C)C(=O)O)cc1. The van der Waals surface area contributed by atoms with Gasteiger partial charge in [-0.25, -0.2) is 13.2 Å². The lowest BCUT2D eigenvalue weighted by Crippen LogP contribution is -2.49. The molecular weight excluding hydrogens is 596 g/mol. The van der Waals surface area contributed by atoms with E-state index in [4.69, 9.17) is 4.74 Å². The Labute approximate surface area is 266 Å². The molecule has 11 nitrogen and oxygen atoms in total. The van der Waals surface area contributed by atoms with Crippen molar-refractivity contribution in [3.63, 3.8) is 0 Å². The molecule has 2 aromatic rings. The minimum Gasteiger partial charge on any atom is -0.480 e. The third kappa shape index (κ3) is 10.4. The number of unbranched alkanes of at least 4 members (excludes halogenated alkanes) is 1. The van der Waals surface area contributed by atoms with Crippen LogP contribution < -0.4 is 10.6 Å². The van der Waals surface area contributed by atoms with Gasteiger partial charge < -0.3 is 20.5 Å². The van der Waals surface area contributed by atoms with Crippen LogP contribution in [0.1, 0.15) is 77.3 Å². The number of nitrogens with one attached hydrogen (secondary N) is 2. The molecule has 45 heavy (non-hydrogen) atoms. The molecule has 246 valence electrons. The van der Waals surface area contributed by atoms with E-state index in [1.165, 1.54) is 12.1 Å². The van der Waals surface area contributed by atoms with Crippen molar-refractivity contribution in [1.82, 2.24) is 14.9 Å². The predicted molar refractivity (Wildman–Crippen MR) is 173 cm³/mol. The van der Waals surface area contributed by atoms with Crippen LogP contribution in [-0.4, -0.2) is 72.8 Å². The number of aryl methyl sites for hydroxylation is 1. The van der Waals surface area contributed by atoms with Gasteiger partial charge in [-0.1, -0.05) is 49.7 Å². The normalized spacial score (nSPS) is 15.9. The zero-order chi connectivity index (χ0) is 33.4. The fourth-order valence-corrected chi connectivity index (χ4v) is 6.85. The van der Waals surface area contributed by atoms with Gasteiger partial charge in [0.25, 0.3) is 0 Å². The molecule has 0 bridgehead atoms. The second-order valence-corrected chi connectivity index (χ2v) is 14.7. The molecule has 0 radical (unpaired) electrons. The monoisotopic (exact) mass is 642 g/mol. The number of para-hydroxylation sites is 1. The molecule has 1 aliphatic heterocycles. The van der Waals surface area contributed by atoms with Gasteiger partial charge in [0, 0.05) is 25.2 Å². The Morgan fingerprint density at radius 1 is 1.04 bits per heavy atom. The van der Waals surface area contributed by atoms with Crippen molar-refractivity contribution in [2.75, 3.05) is 13.1 Å². The van der Waals surface area contributed by atoms with Crippen molar-refractivity contribution in [3.05, 3.63) is 59.7 Å². The van der Waals surface area contributed by atoms with Gasteiger partial charge in [-0.3, -0.25) is 14.6 Å². The van der Waals surface area contributed by atoms with Crippen molar-refractivity contribution in [1.29, 1.82) is 0 Å². The molecule has 2 amide bonds. The Morgan fingerprint density at radius 2 is 1.71 bits per heavy atom. The number of aliphatic imine (C=N–C) groups is 1. The number of aliphatic carboxylic acids is 1. The van der Waals surface area contributed by atoms with Crippen molar-refractivity contribution in [2.45, 2.75) is 95.7 Å². The molecule has 2 aromatic carbocycles.